The third-order valence-corrected chi connectivity index (χ3v) is 3.35. The van der Waals surface area contributed by atoms with E-state index in [-0.39, 0.29) is 5.41 Å². The van der Waals surface area contributed by atoms with Crippen LogP contribution in [0.1, 0.15) is 39.2 Å². The van der Waals surface area contributed by atoms with Gasteiger partial charge in [-0.2, -0.15) is 0 Å². The summed E-state index contributed by atoms with van der Waals surface area (Å²) in [5, 5.41) is 0. The Balaban J connectivity index is 2.79. The van der Waals surface area contributed by atoms with Gasteiger partial charge in [-0.3, -0.25) is 0 Å². The Hall–Kier alpha value is -1.09. The van der Waals surface area contributed by atoms with Crippen molar-refractivity contribution in [2.24, 2.45) is 11.1 Å². The highest BCUT2D eigenvalue weighted by Crippen LogP contribution is 2.27. The molecule has 0 heterocycles. The minimum atomic E-state index is -0.278. The van der Waals surface area contributed by atoms with Gasteiger partial charge in [-0.15, -0.1) is 0 Å². The van der Waals surface area contributed by atoms with Gasteiger partial charge in [-0.1, -0.05) is 58.1 Å². The first-order chi connectivity index (χ1) is 7.84. The van der Waals surface area contributed by atoms with Gasteiger partial charge >= 0.3 is 0 Å². The molecule has 0 spiro atoms. The van der Waals surface area contributed by atoms with E-state index in [1.165, 1.54) is 5.56 Å². The highest BCUT2D eigenvalue weighted by molar-refractivity contribution is 7.80. The van der Waals surface area contributed by atoms with E-state index in [0.29, 0.717) is 17.5 Å². The number of hydrogen-bond donors (Lipinski definition) is 1. The molecular formula is C14H21NOS. The molecule has 0 bridgehead atoms. The summed E-state index contributed by atoms with van der Waals surface area (Å²) in [5.74, 6) is 1.37. The standard InChI is InChI=1S/C14H21NOS/c1-10(2)11-7-5-6-8-12(11)16-9-14(3,4)13(15)17/h5-8,10H,9H2,1-4H3,(H2,15,17). The summed E-state index contributed by atoms with van der Waals surface area (Å²) in [6.07, 6.45) is 0. The molecule has 0 atom stereocenters. The van der Waals surface area contributed by atoms with E-state index in [1.54, 1.807) is 0 Å². The van der Waals surface area contributed by atoms with E-state index in [9.17, 15) is 0 Å². The lowest BCUT2D eigenvalue weighted by molar-refractivity contribution is 0.234. The molecule has 0 aliphatic rings. The van der Waals surface area contributed by atoms with Gasteiger partial charge in [0.25, 0.3) is 0 Å². The second-order valence-corrected chi connectivity index (χ2v) is 5.67. The molecule has 1 aromatic rings. The molecule has 94 valence electrons. The first-order valence-electron chi connectivity index (χ1n) is 5.86. The number of benzene rings is 1. The zero-order chi connectivity index (χ0) is 13.1. The van der Waals surface area contributed by atoms with Gasteiger partial charge in [-0.25, -0.2) is 0 Å². The normalized spacial score (nSPS) is 11.6. The maximum atomic E-state index is 5.86. The summed E-state index contributed by atoms with van der Waals surface area (Å²) in [7, 11) is 0. The molecule has 0 unspecified atom stereocenters. The fourth-order valence-electron chi connectivity index (χ4n) is 1.42. The van der Waals surface area contributed by atoms with Crippen LogP contribution >= 0.6 is 12.2 Å². The minimum absolute atomic E-state index is 0.278. The third-order valence-electron chi connectivity index (χ3n) is 2.80. The lowest BCUT2D eigenvalue weighted by atomic mass is 9.95. The predicted molar refractivity (Wildman–Crippen MR) is 76.6 cm³/mol. The fourth-order valence-corrected chi connectivity index (χ4v) is 1.48. The molecule has 17 heavy (non-hydrogen) atoms. The van der Waals surface area contributed by atoms with E-state index in [1.807, 2.05) is 32.0 Å². The maximum absolute atomic E-state index is 5.86. The molecule has 0 saturated carbocycles. The van der Waals surface area contributed by atoms with Gasteiger partial charge < -0.3 is 10.5 Å². The van der Waals surface area contributed by atoms with E-state index in [2.05, 4.69) is 19.9 Å². The smallest absolute Gasteiger partial charge is 0.122 e. The topological polar surface area (TPSA) is 35.2 Å². The van der Waals surface area contributed by atoms with Crippen molar-refractivity contribution in [1.82, 2.24) is 0 Å². The lowest BCUT2D eigenvalue weighted by Gasteiger charge is -2.24. The number of para-hydroxylation sites is 1. The van der Waals surface area contributed by atoms with Crippen LogP contribution in [0.15, 0.2) is 24.3 Å². The van der Waals surface area contributed by atoms with E-state index >= 15 is 0 Å². The van der Waals surface area contributed by atoms with Crippen LogP contribution in [0.5, 0.6) is 5.75 Å². The molecule has 0 saturated heterocycles. The van der Waals surface area contributed by atoms with Crippen molar-refractivity contribution in [1.29, 1.82) is 0 Å². The Morgan fingerprint density at radius 2 is 1.94 bits per heavy atom. The Kier molecular flexibility index (Phi) is 4.52. The highest BCUT2D eigenvalue weighted by atomic mass is 32.1. The van der Waals surface area contributed by atoms with E-state index < -0.39 is 0 Å². The average Bonchev–Trinajstić information content (AvgIpc) is 2.26. The van der Waals surface area contributed by atoms with Crippen LogP contribution in [0.3, 0.4) is 0 Å². The van der Waals surface area contributed by atoms with Gasteiger partial charge in [0.1, 0.15) is 5.75 Å². The van der Waals surface area contributed by atoms with Crippen molar-refractivity contribution < 1.29 is 4.74 Å². The molecule has 0 aliphatic carbocycles. The summed E-state index contributed by atoms with van der Waals surface area (Å²) >= 11 is 5.03. The van der Waals surface area contributed by atoms with Crippen LogP contribution in [-0.2, 0) is 0 Å². The summed E-state index contributed by atoms with van der Waals surface area (Å²) < 4.78 is 5.86. The van der Waals surface area contributed by atoms with Crippen LogP contribution in [0.4, 0.5) is 0 Å². The maximum Gasteiger partial charge on any atom is 0.122 e. The molecule has 0 fully saturated rings. The number of rotatable bonds is 5. The summed E-state index contributed by atoms with van der Waals surface area (Å²) in [6.45, 7) is 8.80. The minimum Gasteiger partial charge on any atom is -0.492 e. The molecule has 3 heteroatoms. The van der Waals surface area contributed by atoms with Gasteiger partial charge in [0, 0.05) is 5.41 Å². The average molecular weight is 251 g/mol. The SMILES string of the molecule is CC(C)c1ccccc1OCC(C)(C)C(N)=S. The largest absolute Gasteiger partial charge is 0.492 e. The Morgan fingerprint density at radius 3 is 2.47 bits per heavy atom. The molecule has 0 radical (unpaired) electrons. The molecule has 1 aromatic carbocycles. The monoisotopic (exact) mass is 251 g/mol. The first kappa shape index (κ1) is 14.0. The predicted octanol–water partition coefficient (Wildman–Crippen LogP) is 3.50. The van der Waals surface area contributed by atoms with Crippen molar-refractivity contribution in [3.8, 4) is 5.75 Å². The van der Waals surface area contributed by atoms with E-state index in [0.717, 1.165) is 5.75 Å². The highest BCUT2D eigenvalue weighted by Gasteiger charge is 2.23. The second kappa shape index (κ2) is 5.50. The van der Waals surface area contributed by atoms with Gasteiger partial charge in [-0.05, 0) is 17.5 Å². The van der Waals surface area contributed by atoms with Crippen LogP contribution in [0.2, 0.25) is 0 Å². The van der Waals surface area contributed by atoms with E-state index in [4.69, 9.17) is 22.7 Å². The molecular weight excluding hydrogens is 230 g/mol. The first-order valence-corrected chi connectivity index (χ1v) is 6.27. The van der Waals surface area contributed by atoms with Crippen molar-refractivity contribution in [3.63, 3.8) is 0 Å². The Bertz CT molecular complexity index is 399. The fraction of sp³-hybridized carbons (Fsp3) is 0.500. The Morgan fingerprint density at radius 1 is 1.35 bits per heavy atom. The molecule has 0 amide bonds. The van der Waals surface area contributed by atoms with Crippen LogP contribution < -0.4 is 10.5 Å². The molecule has 2 N–H and O–H groups in total. The van der Waals surface area contributed by atoms with Gasteiger partial charge in [0.2, 0.25) is 0 Å². The second-order valence-electron chi connectivity index (χ2n) is 5.23. The van der Waals surface area contributed by atoms with Crippen LogP contribution in [-0.4, -0.2) is 11.6 Å². The number of thiocarbonyl (C=S) groups is 1. The zero-order valence-corrected chi connectivity index (χ0v) is 11.8. The van der Waals surface area contributed by atoms with Gasteiger partial charge in [0.15, 0.2) is 0 Å². The summed E-state index contributed by atoms with van der Waals surface area (Å²) in [6, 6.07) is 8.09. The quantitative estimate of drug-likeness (QED) is 0.813. The van der Waals surface area contributed by atoms with Crippen LogP contribution in [0, 0.1) is 5.41 Å². The summed E-state index contributed by atoms with van der Waals surface area (Å²) in [5.41, 5.74) is 6.62. The third kappa shape index (κ3) is 3.70. The molecule has 0 aromatic heterocycles. The van der Waals surface area contributed by atoms with Crippen LogP contribution in [0.25, 0.3) is 0 Å². The molecule has 0 aliphatic heterocycles. The van der Waals surface area contributed by atoms with Crippen molar-refractivity contribution in [2.75, 3.05) is 6.61 Å². The lowest BCUT2D eigenvalue weighted by Crippen LogP contribution is -2.35. The van der Waals surface area contributed by atoms with Crippen molar-refractivity contribution >= 4 is 17.2 Å². The molecule has 2 nitrogen and oxygen atoms in total. The zero-order valence-electron chi connectivity index (χ0n) is 11.0. The van der Waals surface area contributed by atoms with Crippen molar-refractivity contribution in [2.45, 2.75) is 33.6 Å². The van der Waals surface area contributed by atoms with Gasteiger partial charge in [0.05, 0.1) is 11.6 Å². The number of hydrogen-bond acceptors (Lipinski definition) is 2. The number of ether oxygens (including phenoxy) is 1. The summed E-state index contributed by atoms with van der Waals surface area (Å²) in [4.78, 5) is 0.486. The molecule has 1 rings (SSSR count). The number of nitrogens with two attached hydrogens (primary N) is 1. The Labute approximate surface area is 109 Å². The van der Waals surface area contributed by atoms with Crippen molar-refractivity contribution in [3.05, 3.63) is 29.8 Å².